The first-order valence-corrected chi connectivity index (χ1v) is 8.22. The molecule has 0 aliphatic rings. The fraction of sp³-hybridized carbons (Fsp3) is 0.500. The Balaban J connectivity index is 2.75. The Kier molecular flexibility index (Phi) is 5.04. The van der Waals surface area contributed by atoms with Crippen LogP contribution in [0.15, 0.2) is 22.7 Å². The average Bonchev–Trinajstić information content (AvgIpc) is 2.25. The molecule has 18 heavy (non-hydrogen) atoms. The predicted molar refractivity (Wildman–Crippen MR) is 80.7 cm³/mol. The molecule has 0 spiro atoms. The Morgan fingerprint density at radius 1 is 1.39 bits per heavy atom. The number of sulfone groups is 1. The fourth-order valence-electron chi connectivity index (χ4n) is 1.49. The van der Waals surface area contributed by atoms with E-state index in [1.54, 1.807) is 13.8 Å². The van der Waals surface area contributed by atoms with Gasteiger partial charge >= 0.3 is 0 Å². The van der Waals surface area contributed by atoms with Crippen molar-refractivity contribution in [1.29, 1.82) is 0 Å². The maximum atomic E-state index is 11.7. The van der Waals surface area contributed by atoms with Crippen molar-refractivity contribution < 1.29 is 8.42 Å². The summed E-state index contributed by atoms with van der Waals surface area (Å²) in [5.74, 6) is 0.136. The van der Waals surface area contributed by atoms with Crippen molar-refractivity contribution in [2.75, 3.05) is 30.0 Å². The minimum atomic E-state index is -3.01. The first kappa shape index (κ1) is 15.3. The molecule has 0 atom stereocenters. The van der Waals surface area contributed by atoms with Crippen molar-refractivity contribution in [2.45, 2.75) is 19.1 Å². The van der Waals surface area contributed by atoms with Crippen molar-refractivity contribution in [3.63, 3.8) is 0 Å². The lowest BCUT2D eigenvalue weighted by Crippen LogP contribution is -2.29. The van der Waals surface area contributed by atoms with Crippen LogP contribution in [-0.4, -0.2) is 33.0 Å². The standard InChI is InChI=1S/C12H19BrN2O2S/c1-9(2)18(16,17)7-6-15(3)12-5-4-10(13)8-11(12)14/h4-5,8-9H,6-7,14H2,1-3H3. The number of rotatable bonds is 5. The van der Waals surface area contributed by atoms with Crippen molar-refractivity contribution in [3.8, 4) is 0 Å². The van der Waals surface area contributed by atoms with Crippen LogP contribution in [0.3, 0.4) is 0 Å². The smallest absolute Gasteiger partial charge is 0.154 e. The first-order valence-electron chi connectivity index (χ1n) is 5.72. The number of anilines is 2. The molecule has 102 valence electrons. The highest BCUT2D eigenvalue weighted by Gasteiger charge is 2.17. The molecular weight excluding hydrogens is 316 g/mol. The Morgan fingerprint density at radius 2 is 2.00 bits per heavy atom. The van der Waals surface area contributed by atoms with Crippen LogP contribution in [0.4, 0.5) is 11.4 Å². The molecule has 1 aromatic rings. The lowest BCUT2D eigenvalue weighted by Gasteiger charge is -2.21. The summed E-state index contributed by atoms with van der Waals surface area (Å²) in [4.78, 5) is 1.86. The highest BCUT2D eigenvalue weighted by molar-refractivity contribution is 9.10. The number of nitrogen functional groups attached to an aromatic ring is 1. The van der Waals surface area contributed by atoms with Gasteiger partial charge in [0.25, 0.3) is 0 Å². The molecule has 0 saturated carbocycles. The molecule has 0 saturated heterocycles. The molecule has 0 aromatic heterocycles. The first-order chi connectivity index (χ1) is 8.24. The van der Waals surface area contributed by atoms with Gasteiger partial charge in [-0.15, -0.1) is 0 Å². The Morgan fingerprint density at radius 3 is 2.50 bits per heavy atom. The van der Waals surface area contributed by atoms with Gasteiger partial charge in [-0.25, -0.2) is 8.42 Å². The van der Waals surface area contributed by atoms with Crippen LogP contribution < -0.4 is 10.6 Å². The van der Waals surface area contributed by atoms with Gasteiger partial charge in [0.05, 0.1) is 22.4 Å². The fourth-order valence-corrected chi connectivity index (χ4v) is 2.87. The average molecular weight is 335 g/mol. The van der Waals surface area contributed by atoms with E-state index < -0.39 is 9.84 Å². The predicted octanol–water partition coefficient (Wildman–Crippen LogP) is 2.29. The topological polar surface area (TPSA) is 63.4 Å². The molecule has 4 nitrogen and oxygen atoms in total. The van der Waals surface area contributed by atoms with E-state index in [4.69, 9.17) is 5.73 Å². The number of hydrogen-bond acceptors (Lipinski definition) is 4. The van der Waals surface area contributed by atoms with Crippen LogP contribution in [0.1, 0.15) is 13.8 Å². The second-order valence-electron chi connectivity index (χ2n) is 4.54. The molecule has 6 heteroatoms. The highest BCUT2D eigenvalue weighted by atomic mass is 79.9. The third-order valence-electron chi connectivity index (χ3n) is 2.83. The largest absolute Gasteiger partial charge is 0.397 e. The van der Waals surface area contributed by atoms with E-state index in [0.29, 0.717) is 12.2 Å². The molecule has 2 N–H and O–H groups in total. The number of nitrogens with zero attached hydrogens (tertiary/aromatic N) is 1. The van der Waals surface area contributed by atoms with Crippen molar-refractivity contribution in [2.24, 2.45) is 0 Å². The van der Waals surface area contributed by atoms with Crippen LogP contribution in [0, 0.1) is 0 Å². The summed E-state index contributed by atoms with van der Waals surface area (Å²) in [5.41, 5.74) is 7.38. The lowest BCUT2D eigenvalue weighted by atomic mass is 10.2. The van der Waals surface area contributed by atoms with Crippen LogP contribution in [0.25, 0.3) is 0 Å². The Bertz CT molecular complexity index is 515. The molecule has 0 bridgehead atoms. The zero-order valence-corrected chi connectivity index (χ0v) is 13.3. The van der Waals surface area contributed by atoms with E-state index in [9.17, 15) is 8.42 Å². The van der Waals surface area contributed by atoms with Gasteiger partial charge in [-0.1, -0.05) is 15.9 Å². The van der Waals surface area contributed by atoms with Crippen molar-refractivity contribution in [1.82, 2.24) is 0 Å². The number of benzene rings is 1. The molecule has 1 rings (SSSR count). The second-order valence-corrected chi connectivity index (χ2v) is 8.13. The van der Waals surface area contributed by atoms with Crippen molar-refractivity contribution >= 4 is 37.1 Å². The van der Waals surface area contributed by atoms with Gasteiger partial charge in [0.1, 0.15) is 0 Å². The quantitative estimate of drug-likeness (QED) is 0.839. The minimum absolute atomic E-state index is 0.136. The summed E-state index contributed by atoms with van der Waals surface area (Å²) in [6, 6.07) is 5.57. The maximum Gasteiger partial charge on any atom is 0.154 e. The number of halogens is 1. The van der Waals surface area contributed by atoms with Crippen LogP contribution >= 0.6 is 15.9 Å². The van der Waals surface area contributed by atoms with Gasteiger partial charge in [0.15, 0.2) is 9.84 Å². The van der Waals surface area contributed by atoms with Gasteiger partial charge in [0.2, 0.25) is 0 Å². The third kappa shape index (κ3) is 3.88. The van der Waals surface area contributed by atoms with E-state index in [1.165, 1.54) is 0 Å². The molecular formula is C12H19BrN2O2S. The normalized spacial score (nSPS) is 11.8. The van der Waals surface area contributed by atoms with Crippen LogP contribution in [-0.2, 0) is 9.84 Å². The molecule has 0 aliphatic carbocycles. The van der Waals surface area contributed by atoms with E-state index in [1.807, 2.05) is 30.1 Å². The Hall–Kier alpha value is -0.750. The minimum Gasteiger partial charge on any atom is -0.397 e. The van der Waals surface area contributed by atoms with Crippen LogP contribution in [0.5, 0.6) is 0 Å². The molecule has 0 unspecified atom stereocenters. The van der Waals surface area contributed by atoms with E-state index in [-0.39, 0.29) is 11.0 Å². The summed E-state index contributed by atoms with van der Waals surface area (Å²) < 4.78 is 24.4. The molecule has 0 amide bonds. The summed E-state index contributed by atoms with van der Waals surface area (Å²) in [6.45, 7) is 3.83. The lowest BCUT2D eigenvalue weighted by molar-refractivity contribution is 0.586. The summed E-state index contributed by atoms with van der Waals surface area (Å²) >= 11 is 3.34. The molecule has 0 fully saturated rings. The molecule has 0 radical (unpaired) electrons. The van der Waals surface area contributed by atoms with Crippen LogP contribution in [0.2, 0.25) is 0 Å². The molecule has 0 heterocycles. The molecule has 0 aliphatic heterocycles. The monoisotopic (exact) mass is 334 g/mol. The molecule has 1 aromatic carbocycles. The summed E-state index contributed by atoms with van der Waals surface area (Å²) in [5, 5.41) is -0.340. The highest BCUT2D eigenvalue weighted by Crippen LogP contribution is 2.25. The summed E-state index contributed by atoms with van der Waals surface area (Å²) in [6.07, 6.45) is 0. The van der Waals surface area contributed by atoms with E-state index >= 15 is 0 Å². The third-order valence-corrected chi connectivity index (χ3v) is 5.51. The van der Waals surface area contributed by atoms with Gasteiger partial charge in [-0.3, -0.25) is 0 Å². The Labute approximate surface area is 117 Å². The maximum absolute atomic E-state index is 11.7. The van der Waals surface area contributed by atoms with E-state index in [0.717, 1.165) is 10.2 Å². The second kappa shape index (κ2) is 5.93. The number of hydrogen-bond donors (Lipinski definition) is 1. The zero-order valence-electron chi connectivity index (χ0n) is 10.9. The van der Waals surface area contributed by atoms with Gasteiger partial charge in [-0.2, -0.15) is 0 Å². The zero-order chi connectivity index (χ0) is 13.9. The van der Waals surface area contributed by atoms with Crippen molar-refractivity contribution in [3.05, 3.63) is 22.7 Å². The van der Waals surface area contributed by atoms with Gasteiger partial charge < -0.3 is 10.6 Å². The van der Waals surface area contributed by atoms with Gasteiger partial charge in [-0.05, 0) is 32.0 Å². The SMILES string of the molecule is CC(C)S(=O)(=O)CCN(C)c1ccc(Br)cc1N. The number of nitrogens with two attached hydrogens (primary N) is 1. The van der Waals surface area contributed by atoms with E-state index in [2.05, 4.69) is 15.9 Å². The van der Waals surface area contributed by atoms with Gasteiger partial charge in [0, 0.05) is 18.1 Å². The summed E-state index contributed by atoms with van der Waals surface area (Å²) in [7, 11) is -1.17.